The minimum absolute atomic E-state index is 0.0792. The number of unbranched alkanes of at least 4 members (excludes halogenated alkanes) is 37. The van der Waals surface area contributed by atoms with Crippen molar-refractivity contribution in [2.45, 2.75) is 328 Å². The monoisotopic (exact) mass is 876 g/mol. The lowest BCUT2D eigenvalue weighted by Gasteiger charge is -2.24. The van der Waals surface area contributed by atoms with Gasteiger partial charge in [0.15, 0.2) is 0 Å². The molecule has 0 rings (SSSR count). The molecule has 0 spiro atoms. The van der Waals surface area contributed by atoms with Gasteiger partial charge < -0.3 is 20.3 Å². The lowest BCUT2D eigenvalue weighted by atomic mass is 10.0. The fourth-order valence-corrected chi connectivity index (χ4v) is 8.84. The number of rotatable bonds is 51. The number of nitrogens with one attached hydrogen (secondary N) is 1. The summed E-state index contributed by atoms with van der Waals surface area (Å²) in [4.78, 5) is 26.2. The fourth-order valence-electron chi connectivity index (χ4n) is 8.84. The molecule has 0 aliphatic carbocycles. The van der Waals surface area contributed by atoms with Gasteiger partial charge in [0.25, 0.3) is 0 Å². The van der Waals surface area contributed by atoms with Gasteiger partial charge >= 0.3 is 5.97 Å². The second kappa shape index (κ2) is 50.6. The molecular formula is C56H109NO5. The average molecular weight is 876 g/mol. The smallest absolute Gasteiger partial charge is 0.306 e. The first-order valence-corrected chi connectivity index (χ1v) is 27.9. The van der Waals surface area contributed by atoms with Crippen LogP contribution in [0.25, 0.3) is 0 Å². The van der Waals surface area contributed by atoms with Crippen LogP contribution in [0.3, 0.4) is 0 Å². The van der Waals surface area contributed by atoms with Crippen molar-refractivity contribution in [3.8, 4) is 0 Å². The molecule has 3 unspecified atom stereocenters. The third-order valence-corrected chi connectivity index (χ3v) is 13.1. The van der Waals surface area contributed by atoms with Gasteiger partial charge in [-0.1, -0.05) is 258 Å². The predicted molar refractivity (Wildman–Crippen MR) is 269 cm³/mol. The van der Waals surface area contributed by atoms with Gasteiger partial charge in [0.05, 0.1) is 25.2 Å². The number of carbonyl (C=O) groups is 2. The number of ether oxygens (including phenoxy) is 1. The first kappa shape index (κ1) is 60.6. The minimum atomic E-state index is -0.784. The van der Waals surface area contributed by atoms with Gasteiger partial charge in [0, 0.05) is 6.42 Å². The summed E-state index contributed by atoms with van der Waals surface area (Å²) in [5, 5.41) is 23.8. The highest BCUT2D eigenvalue weighted by Gasteiger charge is 2.24. The average Bonchev–Trinajstić information content (AvgIpc) is 3.26. The van der Waals surface area contributed by atoms with E-state index in [1.807, 2.05) is 0 Å². The summed E-state index contributed by atoms with van der Waals surface area (Å²) < 4.78 is 5.95. The van der Waals surface area contributed by atoms with Gasteiger partial charge in [-0.15, -0.1) is 0 Å². The van der Waals surface area contributed by atoms with Gasteiger partial charge in [-0.25, -0.2) is 0 Å². The Labute approximate surface area is 387 Å². The first-order chi connectivity index (χ1) is 30.5. The molecule has 0 saturated heterocycles. The van der Waals surface area contributed by atoms with Crippen molar-refractivity contribution in [1.82, 2.24) is 5.32 Å². The van der Waals surface area contributed by atoms with Crippen LogP contribution in [0.1, 0.15) is 310 Å². The summed E-state index contributed by atoms with van der Waals surface area (Å²) >= 11 is 0. The lowest BCUT2D eigenvalue weighted by Crippen LogP contribution is -2.46. The maximum Gasteiger partial charge on any atom is 0.306 e. The minimum Gasteiger partial charge on any atom is -0.462 e. The number of carbonyl (C=O) groups excluding carboxylic acids is 2. The third kappa shape index (κ3) is 45.2. The van der Waals surface area contributed by atoms with E-state index in [1.54, 1.807) is 0 Å². The van der Waals surface area contributed by atoms with Crippen molar-refractivity contribution in [3.05, 3.63) is 12.2 Å². The zero-order valence-corrected chi connectivity index (χ0v) is 42.0. The zero-order chi connectivity index (χ0) is 45.2. The third-order valence-electron chi connectivity index (χ3n) is 13.1. The molecule has 0 aliphatic heterocycles. The Morgan fingerprint density at radius 3 is 1.16 bits per heavy atom. The van der Waals surface area contributed by atoms with Crippen molar-refractivity contribution in [2.75, 3.05) is 6.61 Å². The molecule has 6 nitrogen and oxygen atoms in total. The molecule has 62 heavy (non-hydrogen) atoms. The van der Waals surface area contributed by atoms with Crippen molar-refractivity contribution >= 4 is 11.9 Å². The maximum absolute atomic E-state index is 13.2. The van der Waals surface area contributed by atoms with E-state index in [1.165, 1.54) is 205 Å². The van der Waals surface area contributed by atoms with E-state index < -0.39 is 18.2 Å². The Bertz CT molecular complexity index is 939. The molecule has 6 heteroatoms. The van der Waals surface area contributed by atoms with E-state index in [0.29, 0.717) is 19.3 Å². The molecule has 0 aromatic carbocycles. The molecule has 3 atom stereocenters. The summed E-state index contributed by atoms with van der Waals surface area (Å²) in [6.45, 7) is 6.50. The summed E-state index contributed by atoms with van der Waals surface area (Å²) in [7, 11) is 0. The normalized spacial score (nSPS) is 13.2. The van der Waals surface area contributed by atoms with Gasteiger partial charge in [-0.2, -0.15) is 0 Å². The van der Waals surface area contributed by atoms with Crippen molar-refractivity contribution in [3.63, 3.8) is 0 Å². The van der Waals surface area contributed by atoms with E-state index in [0.717, 1.165) is 57.8 Å². The van der Waals surface area contributed by atoms with Gasteiger partial charge in [0.1, 0.15) is 6.10 Å². The molecule has 0 aromatic heterocycles. The van der Waals surface area contributed by atoms with E-state index >= 15 is 0 Å². The van der Waals surface area contributed by atoms with Crippen LogP contribution in [0.5, 0.6) is 0 Å². The number of aliphatic hydroxyl groups is 2. The predicted octanol–water partition coefficient (Wildman–Crippen LogP) is 16.9. The molecular weight excluding hydrogens is 767 g/mol. The lowest BCUT2D eigenvalue weighted by molar-refractivity contribution is -0.151. The van der Waals surface area contributed by atoms with Gasteiger partial charge in [-0.05, 0) is 51.4 Å². The summed E-state index contributed by atoms with van der Waals surface area (Å²) in [5.41, 5.74) is 0. The molecule has 3 N–H and O–H groups in total. The molecule has 0 fully saturated rings. The molecule has 368 valence electrons. The molecule has 0 radical (unpaired) electrons. The van der Waals surface area contributed by atoms with E-state index in [-0.39, 0.29) is 24.9 Å². The Morgan fingerprint density at radius 1 is 0.452 bits per heavy atom. The van der Waals surface area contributed by atoms with E-state index in [9.17, 15) is 19.8 Å². The quantitative estimate of drug-likeness (QED) is 0.0321. The number of hydrogen-bond acceptors (Lipinski definition) is 5. The van der Waals surface area contributed by atoms with Crippen LogP contribution in [0.15, 0.2) is 12.2 Å². The number of hydrogen-bond donors (Lipinski definition) is 3. The standard InChI is InChI=1S/C56H109NO5/c1-4-7-10-13-16-19-22-25-26-27-28-31-34-37-40-43-46-49-56(61)62-52(47-44-41-38-35-32-29-23-20-17-14-11-8-5-2)50-55(60)57-53(51-58)54(59)48-45-42-39-36-33-30-24-21-18-15-12-9-6-3/h20,23,52-54,58-59H,4-19,21-22,24-51H2,1-3H3,(H,57,60)/b23-20-. The van der Waals surface area contributed by atoms with Gasteiger partial charge in [-0.3, -0.25) is 9.59 Å². The van der Waals surface area contributed by atoms with E-state index in [2.05, 4.69) is 38.2 Å². The van der Waals surface area contributed by atoms with Crippen molar-refractivity contribution in [1.29, 1.82) is 0 Å². The first-order valence-electron chi connectivity index (χ1n) is 27.9. The molecule has 1 amide bonds. The van der Waals surface area contributed by atoms with Crippen LogP contribution in [-0.2, 0) is 14.3 Å². The molecule has 0 aliphatic rings. The van der Waals surface area contributed by atoms with Crippen LogP contribution in [0, 0.1) is 0 Å². The van der Waals surface area contributed by atoms with Gasteiger partial charge in [0.2, 0.25) is 5.91 Å². The van der Waals surface area contributed by atoms with Crippen molar-refractivity contribution < 1.29 is 24.5 Å². The largest absolute Gasteiger partial charge is 0.462 e. The van der Waals surface area contributed by atoms with Crippen LogP contribution in [0.4, 0.5) is 0 Å². The van der Waals surface area contributed by atoms with Crippen LogP contribution < -0.4 is 5.32 Å². The molecule has 0 saturated carbocycles. The summed E-state index contributed by atoms with van der Waals surface area (Å²) in [6, 6.07) is -0.698. The number of allylic oxidation sites excluding steroid dienone is 2. The van der Waals surface area contributed by atoms with Crippen molar-refractivity contribution in [2.24, 2.45) is 0 Å². The Kier molecular flexibility index (Phi) is 49.5. The molecule has 0 heterocycles. The highest BCUT2D eigenvalue weighted by Crippen LogP contribution is 2.19. The van der Waals surface area contributed by atoms with E-state index in [4.69, 9.17) is 4.74 Å². The van der Waals surface area contributed by atoms with Crippen LogP contribution >= 0.6 is 0 Å². The maximum atomic E-state index is 13.2. The topological polar surface area (TPSA) is 95.9 Å². The van der Waals surface area contributed by atoms with Crippen LogP contribution in [0.2, 0.25) is 0 Å². The van der Waals surface area contributed by atoms with Crippen LogP contribution in [-0.4, -0.2) is 46.9 Å². The Hall–Kier alpha value is -1.40. The highest BCUT2D eigenvalue weighted by molar-refractivity contribution is 5.77. The molecule has 0 bridgehead atoms. The zero-order valence-electron chi connectivity index (χ0n) is 42.0. The number of amides is 1. The summed E-state index contributed by atoms with van der Waals surface area (Å²) in [6.07, 6.45) is 57.0. The number of aliphatic hydroxyl groups excluding tert-OH is 2. The fraction of sp³-hybridized carbons (Fsp3) is 0.929. The SMILES string of the molecule is CCCCCC/C=C\CCCCCCCC(CC(=O)NC(CO)C(O)CCCCCCCCCCCCCCC)OC(=O)CCCCCCCCCCCCCCCCCCC. The summed E-state index contributed by atoms with van der Waals surface area (Å²) in [5.74, 6) is -0.461. The molecule has 0 aromatic rings. The number of esters is 1. The second-order valence-corrected chi connectivity index (χ2v) is 19.3. The second-order valence-electron chi connectivity index (χ2n) is 19.3. The highest BCUT2D eigenvalue weighted by atomic mass is 16.5. The Morgan fingerprint density at radius 2 is 0.774 bits per heavy atom. The Balaban J connectivity index is 4.49.